The molecule has 70 valence electrons. The van der Waals surface area contributed by atoms with Gasteiger partial charge in [-0.1, -0.05) is 42.5 Å². The van der Waals surface area contributed by atoms with Crippen LogP contribution in [0.1, 0.15) is 11.1 Å². The van der Waals surface area contributed by atoms with E-state index >= 15 is 0 Å². The molecular formula is C14H14. The molecule has 0 aliphatic rings. The molecule has 0 aliphatic carbocycles. The summed E-state index contributed by atoms with van der Waals surface area (Å²) in [4.78, 5) is 0. The summed E-state index contributed by atoms with van der Waals surface area (Å²) in [5.41, 5.74) is 2.72. The van der Waals surface area contributed by atoms with Gasteiger partial charge in [-0.2, -0.15) is 0 Å². The van der Waals surface area contributed by atoms with Crippen molar-refractivity contribution in [3.8, 4) is 0 Å². The van der Waals surface area contributed by atoms with E-state index < -0.39 is 0 Å². The summed E-state index contributed by atoms with van der Waals surface area (Å²) in [5, 5.41) is 2.63. The topological polar surface area (TPSA) is 0 Å². The van der Waals surface area contributed by atoms with Gasteiger partial charge in [0.05, 0.1) is 0 Å². The van der Waals surface area contributed by atoms with E-state index in [2.05, 4.69) is 49.9 Å². The second-order valence-corrected chi connectivity index (χ2v) is 3.62. The van der Waals surface area contributed by atoms with E-state index in [0.29, 0.717) is 0 Å². The lowest BCUT2D eigenvalue weighted by molar-refractivity contribution is 1.23. The van der Waals surface area contributed by atoms with Crippen molar-refractivity contribution >= 4 is 10.8 Å². The molecule has 0 heterocycles. The maximum absolute atomic E-state index is 3.78. The van der Waals surface area contributed by atoms with E-state index in [1.165, 1.54) is 21.9 Å². The number of benzene rings is 2. The first-order valence-corrected chi connectivity index (χ1v) is 4.90. The molecule has 0 spiro atoms. The zero-order valence-electron chi connectivity index (χ0n) is 8.46. The fourth-order valence-corrected chi connectivity index (χ4v) is 1.78. The van der Waals surface area contributed by atoms with Crippen LogP contribution in [-0.2, 0) is 6.42 Å². The first-order valence-electron chi connectivity index (χ1n) is 4.90. The first-order chi connectivity index (χ1) is 6.81. The van der Waals surface area contributed by atoms with Gasteiger partial charge in [0.15, 0.2) is 0 Å². The van der Waals surface area contributed by atoms with Crippen molar-refractivity contribution in [3.63, 3.8) is 0 Å². The second kappa shape index (κ2) is 3.67. The highest BCUT2D eigenvalue weighted by Gasteiger charge is 1.98. The predicted molar refractivity (Wildman–Crippen MR) is 62.6 cm³/mol. The van der Waals surface area contributed by atoms with E-state index in [1.807, 2.05) is 6.08 Å². The highest BCUT2D eigenvalue weighted by atomic mass is 14.0. The van der Waals surface area contributed by atoms with Crippen LogP contribution in [0.25, 0.3) is 10.8 Å². The predicted octanol–water partition coefficient (Wildman–Crippen LogP) is 3.88. The number of fused-ring (bicyclic) bond motifs is 1. The molecule has 0 aliphatic heterocycles. The molecule has 0 amide bonds. The smallest absolute Gasteiger partial charge is 0.00973 e. The lowest BCUT2D eigenvalue weighted by atomic mass is 10.00. The molecule has 14 heavy (non-hydrogen) atoms. The summed E-state index contributed by atoms with van der Waals surface area (Å²) in [6.45, 7) is 5.94. The van der Waals surface area contributed by atoms with Crippen LogP contribution in [0.4, 0.5) is 0 Å². The Kier molecular flexibility index (Phi) is 2.36. The van der Waals surface area contributed by atoms with E-state index in [-0.39, 0.29) is 0 Å². The number of aryl methyl sites for hydroxylation is 1. The summed E-state index contributed by atoms with van der Waals surface area (Å²) in [6, 6.07) is 13.0. The third-order valence-corrected chi connectivity index (χ3v) is 2.57. The van der Waals surface area contributed by atoms with Crippen LogP contribution < -0.4 is 0 Å². The Morgan fingerprint density at radius 1 is 1.14 bits per heavy atom. The molecule has 2 aromatic carbocycles. The zero-order valence-corrected chi connectivity index (χ0v) is 8.46. The van der Waals surface area contributed by atoms with Gasteiger partial charge in [-0.3, -0.25) is 0 Å². The van der Waals surface area contributed by atoms with E-state index in [1.54, 1.807) is 0 Å². The van der Waals surface area contributed by atoms with Crippen LogP contribution in [0, 0.1) is 6.92 Å². The van der Waals surface area contributed by atoms with Crippen LogP contribution in [0.5, 0.6) is 0 Å². The van der Waals surface area contributed by atoms with Gasteiger partial charge in [0, 0.05) is 0 Å². The molecule has 0 nitrogen and oxygen atoms in total. The second-order valence-electron chi connectivity index (χ2n) is 3.62. The highest BCUT2D eigenvalue weighted by molar-refractivity contribution is 5.84. The van der Waals surface area contributed by atoms with Gasteiger partial charge in [0.2, 0.25) is 0 Å². The van der Waals surface area contributed by atoms with Crippen LogP contribution in [0.3, 0.4) is 0 Å². The van der Waals surface area contributed by atoms with Gasteiger partial charge in [-0.15, -0.1) is 6.58 Å². The van der Waals surface area contributed by atoms with Crippen molar-refractivity contribution in [2.24, 2.45) is 0 Å². The van der Waals surface area contributed by atoms with Crippen molar-refractivity contribution in [2.45, 2.75) is 13.3 Å². The Hall–Kier alpha value is -1.56. The van der Waals surface area contributed by atoms with Crippen molar-refractivity contribution in [1.29, 1.82) is 0 Å². The van der Waals surface area contributed by atoms with Crippen molar-refractivity contribution < 1.29 is 0 Å². The maximum Gasteiger partial charge on any atom is -0.00973 e. The number of hydrogen-bond donors (Lipinski definition) is 0. The van der Waals surface area contributed by atoms with Crippen molar-refractivity contribution in [3.05, 3.63) is 60.2 Å². The summed E-state index contributed by atoms with van der Waals surface area (Å²) < 4.78 is 0. The van der Waals surface area contributed by atoms with Crippen LogP contribution in [0.15, 0.2) is 49.1 Å². The summed E-state index contributed by atoms with van der Waals surface area (Å²) in [5.74, 6) is 0. The van der Waals surface area contributed by atoms with Crippen molar-refractivity contribution in [1.82, 2.24) is 0 Å². The van der Waals surface area contributed by atoms with E-state index in [9.17, 15) is 0 Å². The lowest BCUT2D eigenvalue weighted by Gasteiger charge is -2.05. The quantitative estimate of drug-likeness (QED) is 0.618. The molecule has 0 radical (unpaired) electrons. The first kappa shape index (κ1) is 9.01. The summed E-state index contributed by atoms with van der Waals surface area (Å²) >= 11 is 0. The molecule has 0 N–H and O–H groups in total. The Balaban J connectivity index is 2.64. The van der Waals surface area contributed by atoms with Gasteiger partial charge in [0.25, 0.3) is 0 Å². The monoisotopic (exact) mass is 182 g/mol. The minimum atomic E-state index is 0.955. The molecule has 0 bridgehead atoms. The van der Waals surface area contributed by atoms with Gasteiger partial charge in [-0.25, -0.2) is 0 Å². The molecule has 0 saturated carbocycles. The summed E-state index contributed by atoms with van der Waals surface area (Å²) in [7, 11) is 0. The van der Waals surface area contributed by atoms with Gasteiger partial charge >= 0.3 is 0 Å². The standard InChI is InChI=1S/C14H14/c1-3-6-12-10-14-8-5-4-7-13(14)9-11(12)2/h3-5,7-10H,1,6H2,2H3. The Morgan fingerprint density at radius 3 is 2.43 bits per heavy atom. The Bertz CT molecular complexity index is 466. The van der Waals surface area contributed by atoms with Gasteiger partial charge in [0.1, 0.15) is 0 Å². The van der Waals surface area contributed by atoms with Gasteiger partial charge in [-0.05, 0) is 35.2 Å². The van der Waals surface area contributed by atoms with Crippen LogP contribution in [-0.4, -0.2) is 0 Å². The molecule has 2 rings (SSSR count). The number of hydrogen-bond acceptors (Lipinski definition) is 0. The SMILES string of the molecule is C=CCc1cc2ccccc2cc1C. The number of allylic oxidation sites excluding steroid dienone is 1. The van der Waals surface area contributed by atoms with E-state index in [0.717, 1.165) is 6.42 Å². The summed E-state index contributed by atoms with van der Waals surface area (Å²) in [6.07, 6.45) is 2.91. The maximum atomic E-state index is 3.78. The van der Waals surface area contributed by atoms with Gasteiger partial charge < -0.3 is 0 Å². The van der Waals surface area contributed by atoms with Crippen LogP contribution >= 0.6 is 0 Å². The molecule has 0 saturated heterocycles. The lowest BCUT2D eigenvalue weighted by Crippen LogP contribution is -1.87. The minimum Gasteiger partial charge on any atom is -0.103 e. The average molecular weight is 182 g/mol. The average Bonchev–Trinajstić information content (AvgIpc) is 2.19. The fourth-order valence-electron chi connectivity index (χ4n) is 1.78. The third-order valence-electron chi connectivity index (χ3n) is 2.57. The fraction of sp³-hybridized carbons (Fsp3) is 0.143. The minimum absolute atomic E-state index is 0.955. The Labute approximate surface area is 84.9 Å². The Morgan fingerprint density at radius 2 is 1.79 bits per heavy atom. The van der Waals surface area contributed by atoms with Crippen molar-refractivity contribution in [2.75, 3.05) is 0 Å². The zero-order chi connectivity index (χ0) is 9.97. The normalized spacial score (nSPS) is 10.4. The highest BCUT2D eigenvalue weighted by Crippen LogP contribution is 2.19. The molecule has 0 unspecified atom stereocenters. The molecule has 0 fully saturated rings. The molecule has 0 aromatic heterocycles. The molecule has 0 atom stereocenters. The molecular weight excluding hydrogens is 168 g/mol. The van der Waals surface area contributed by atoms with Crippen LogP contribution in [0.2, 0.25) is 0 Å². The largest absolute Gasteiger partial charge is 0.103 e. The molecule has 0 heteroatoms. The molecule has 2 aromatic rings. The third kappa shape index (κ3) is 1.56. The number of rotatable bonds is 2. The van der Waals surface area contributed by atoms with E-state index in [4.69, 9.17) is 0 Å².